The summed E-state index contributed by atoms with van der Waals surface area (Å²) in [6.07, 6.45) is 0. The van der Waals surface area contributed by atoms with Crippen molar-refractivity contribution in [2.24, 2.45) is 5.41 Å². The van der Waals surface area contributed by atoms with E-state index in [0.29, 0.717) is 5.56 Å². The average Bonchev–Trinajstić information content (AvgIpc) is 2.03. The van der Waals surface area contributed by atoms with Crippen LogP contribution in [0.1, 0.15) is 31.6 Å². The van der Waals surface area contributed by atoms with E-state index in [4.69, 9.17) is 5.11 Å². The normalized spacial score (nSPS) is 14.8. The molecule has 0 fully saturated rings. The Morgan fingerprint density at radius 3 is 1.88 bits per heavy atom. The second-order valence-corrected chi connectivity index (χ2v) is 6.35. The first kappa shape index (κ1) is 13.0. The van der Waals surface area contributed by atoms with Crippen LogP contribution in [-0.2, 0) is 10.1 Å². The summed E-state index contributed by atoms with van der Waals surface area (Å²) >= 11 is 0. The van der Waals surface area contributed by atoms with Gasteiger partial charge in [0.05, 0.1) is 0 Å². The highest BCUT2D eigenvalue weighted by molar-refractivity contribution is 7.86. The molecule has 1 atom stereocenters. The molecule has 2 N–H and O–H groups in total. The highest BCUT2D eigenvalue weighted by Crippen LogP contribution is 2.39. The molecule has 4 nitrogen and oxygen atoms in total. The maximum atomic E-state index is 11.4. The Hall–Kier alpha value is -1.07. The monoisotopic (exact) mass is 244 g/mol. The molecule has 0 saturated carbocycles. The second-order valence-electron chi connectivity index (χ2n) is 4.85. The van der Waals surface area contributed by atoms with Crippen molar-refractivity contribution in [3.05, 3.63) is 29.8 Å². The van der Waals surface area contributed by atoms with E-state index in [-0.39, 0.29) is 5.75 Å². The van der Waals surface area contributed by atoms with Crippen molar-refractivity contribution in [3.63, 3.8) is 0 Å². The third-order valence-corrected chi connectivity index (χ3v) is 3.86. The highest BCUT2D eigenvalue weighted by Gasteiger charge is 2.36. The smallest absolute Gasteiger partial charge is 0.272 e. The Kier molecular flexibility index (Phi) is 3.30. The fraction of sp³-hybridized carbons (Fsp3) is 0.455. The van der Waals surface area contributed by atoms with Crippen LogP contribution in [0.3, 0.4) is 0 Å². The first-order valence-corrected chi connectivity index (χ1v) is 6.38. The van der Waals surface area contributed by atoms with Gasteiger partial charge in [0.15, 0.2) is 0 Å². The number of hydrogen-bond donors (Lipinski definition) is 2. The summed E-state index contributed by atoms with van der Waals surface area (Å²) in [5.41, 5.74) is -0.155. The van der Waals surface area contributed by atoms with Crippen molar-refractivity contribution in [1.82, 2.24) is 0 Å². The van der Waals surface area contributed by atoms with Crippen LogP contribution in [-0.4, -0.2) is 18.1 Å². The van der Waals surface area contributed by atoms with E-state index >= 15 is 0 Å². The van der Waals surface area contributed by atoms with Crippen molar-refractivity contribution < 1.29 is 18.1 Å². The van der Waals surface area contributed by atoms with E-state index < -0.39 is 20.8 Å². The van der Waals surface area contributed by atoms with Gasteiger partial charge < -0.3 is 5.11 Å². The van der Waals surface area contributed by atoms with Gasteiger partial charge in [0.25, 0.3) is 10.1 Å². The quantitative estimate of drug-likeness (QED) is 0.783. The molecule has 1 rings (SSSR count). The first-order chi connectivity index (χ1) is 7.12. The molecule has 0 saturated heterocycles. The largest absolute Gasteiger partial charge is 0.508 e. The SMILES string of the molecule is CC(C)(C)C(c1ccc(O)cc1)S(=O)(=O)O. The van der Waals surface area contributed by atoms with Gasteiger partial charge in [0.1, 0.15) is 11.0 Å². The lowest BCUT2D eigenvalue weighted by Gasteiger charge is -2.28. The summed E-state index contributed by atoms with van der Waals surface area (Å²) < 4.78 is 32.0. The number of phenolic OH excluding ortho intramolecular Hbond substituents is 1. The minimum Gasteiger partial charge on any atom is -0.508 e. The lowest BCUT2D eigenvalue weighted by Crippen LogP contribution is -2.26. The van der Waals surface area contributed by atoms with Crippen molar-refractivity contribution in [1.29, 1.82) is 0 Å². The summed E-state index contributed by atoms with van der Waals surface area (Å²) in [5, 5.41) is 8.13. The van der Waals surface area contributed by atoms with E-state index in [0.717, 1.165) is 0 Å². The standard InChI is InChI=1S/C11H16O4S/c1-11(2,3)10(16(13,14)15)8-4-6-9(12)7-5-8/h4-7,10,12H,1-3H3,(H,13,14,15). The lowest BCUT2D eigenvalue weighted by atomic mass is 9.87. The summed E-state index contributed by atoms with van der Waals surface area (Å²) in [6, 6.07) is 5.80. The van der Waals surface area contributed by atoms with Gasteiger partial charge >= 0.3 is 0 Å². The van der Waals surface area contributed by atoms with Gasteiger partial charge in [-0.1, -0.05) is 32.9 Å². The van der Waals surface area contributed by atoms with Gasteiger partial charge in [-0.05, 0) is 23.1 Å². The van der Waals surface area contributed by atoms with Crippen LogP contribution in [0.5, 0.6) is 5.75 Å². The zero-order chi connectivity index (χ0) is 12.6. The molecule has 0 amide bonds. The Morgan fingerprint density at radius 1 is 1.12 bits per heavy atom. The molecule has 0 aliphatic heterocycles. The zero-order valence-electron chi connectivity index (χ0n) is 9.51. The van der Waals surface area contributed by atoms with E-state index in [9.17, 15) is 13.0 Å². The highest BCUT2D eigenvalue weighted by atomic mass is 32.2. The van der Waals surface area contributed by atoms with Gasteiger partial charge in [-0.25, -0.2) is 0 Å². The van der Waals surface area contributed by atoms with Gasteiger partial charge in [0, 0.05) is 0 Å². The van der Waals surface area contributed by atoms with Crippen LogP contribution < -0.4 is 0 Å². The lowest BCUT2D eigenvalue weighted by molar-refractivity contribution is 0.355. The van der Waals surface area contributed by atoms with E-state index in [2.05, 4.69) is 0 Å². The predicted molar refractivity (Wildman–Crippen MR) is 61.9 cm³/mol. The van der Waals surface area contributed by atoms with Crippen LogP contribution in [0.25, 0.3) is 0 Å². The summed E-state index contributed by atoms with van der Waals surface area (Å²) in [4.78, 5) is 0. The fourth-order valence-corrected chi connectivity index (χ4v) is 3.16. The third kappa shape index (κ3) is 2.96. The molecule has 90 valence electrons. The average molecular weight is 244 g/mol. The van der Waals surface area contributed by atoms with Crippen molar-refractivity contribution >= 4 is 10.1 Å². The molecule has 1 aromatic rings. The van der Waals surface area contributed by atoms with Gasteiger partial charge in [-0.15, -0.1) is 0 Å². The molecule has 16 heavy (non-hydrogen) atoms. The molecule has 0 radical (unpaired) electrons. The number of hydrogen-bond acceptors (Lipinski definition) is 3. The van der Waals surface area contributed by atoms with Crippen molar-refractivity contribution in [2.75, 3.05) is 0 Å². The Balaban J connectivity index is 3.29. The Bertz CT molecular complexity index is 454. The molecule has 5 heteroatoms. The van der Waals surface area contributed by atoms with E-state index in [1.807, 2.05) is 0 Å². The number of benzene rings is 1. The summed E-state index contributed by atoms with van der Waals surface area (Å²) in [5.74, 6) is 0.0618. The van der Waals surface area contributed by atoms with Gasteiger partial charge in [-0.3, -0.25) is 4.55 Å². The van der Waals surface area contributed by atoms with E-state index in [1.165, 1.54) is 24.3 Å². The topological polar surface area (TPSA) is 74.6 Å². The summed E-state index contributed by atoms with van der Waals surface area (Å²) in [6.45, 7) is 5.20. The molecule has 0 aliphatic rings. The number of aromatic hydroxyl groups is 1. The van der Waals surface area contributed by atoms with Crippen LogP contribution in [0.4, 0.5) is 0 Å². The van der Waals surface area contributed by atoms with Crippen LogP contribution in [0.15, 0.2) is 24.3 Å². The minimum atomic E-state index is -4.17. The van der Waals surface area contributed by atoms with E-state index in [1.54, 1.807) is 20.8 Å². The molecular formula is C11H16O4S. The van der Waals surface area contributed by atoms with Gasteiger partial charge in [0.2, 0.25) is 0 Å². The number of rotatable bonds is 2. The van der Waals surface area contributed by atoms with Crippen LogP contribution in [0.2, 0.25) is 0 Å². The molecule has 1 unspecified atom stereocenters. The maximum Gasteiger partial charge on any atom is 0.272 e. The Morgan fingerprint density at radius 2 is 1.56 bits per heavy atom. The molecule has 0 bridgehead atoms. The van der Waals surface area contributed by atoms with Crippen LogP contribution >= 0.6 is 0 Å². The second kappa shape index (κ2) is 4.07. The summed E-state index contributed by atoms with van der Waals surface area (Å²) in [7, 11) is -4.17. The van der Waals surface area contributed by atoms with Crippen molar-refractivity contribution in [2.45, 2.75) is 26.0 Å². The Labute approximate surface area is 95.7 Å². The predicted octanol–water partition coefficient (Wildman–Crippen LogP) is 2.37. The molecule has 0 aromatic heterocycles. The third-order valence-electron chi connectivity index (χ3n) is 2.28. The zero-order valence-corrected chi connectivity index (χ0v) is 10.3. The number of phenols is 1. The molecule has 1 aromatic carbocycles. The van der Waals surface area contributed by atoms with Gasteiger partial charge in [-0.2, -0.15) is 8.42 Å². The minimum absolute atomic E-state index is 0.0618. The maximum absolute atomic E-state index is 11.4. The first-order valence-electron chi connectivity index (χ1n) is 4.87. The fourth-order valence-electron chi connectivity index (χ4n) is 1.77. The molecule has 0 heterocycles. The molecule has 0 spiro atoms. The molecular weight excluding hydrogens is 228 g/mol. The molecule has 0 aliphatic carbocycles. The van der Waals surface area contributed by atoms with Crippen LogP contribution in [0, 0.1) is 5.41 Å². The van der Waals surface area contributed by atoms with Crippen molar-refractivity contribution in [3.8, 4) is 5.75 Å².